The number of carbonyl (C=O) groups excluding carboxylic acids is 1. The summed E-state index contributed by atoms with van der Waals surface area (Å²) in [6.45, 7) is 5.36. The molecule has 1 N–H and O–H groups in total. The monoisotopic (exact) mass is 388 g/mol. The fraction of sp³-hybridized carbons (Fsp3) is 0.381. The molecule has 1 amide bonds. The fourth-order valence-corrected chi connectivity index (χ4v) is 3.33. The van der Waals surface area contributed by atoms with Gasteiger partial charge in [-0.05, 0) is 24.6 Å². The van der Waals surface area contributed by atoms with E-state index in [9.17, 15) is 4.79 Å². The Labute approximate surface area is 165 Å². The van der Waals surface area contributed by atoms with E-state index in [1.54, 1.807) is 19.1 Å². The van der Waals surface area contributed by atoms with Crippen molar-refractivity contribution in [3.63, 3.8) is 0 Å². The van der Waals surface area contributed by atoms with E-state index in [0.29, 0.717) is 30.5 Å². The molecule has 1 aliphatic heterocycles. The van der Waals surface area contributed by atoms with Gasteiger partial charge in [0, 0.05) is 19.6 Å². The zero-order chi connectivity index (χ0) is 19.1. The van der Waals surface area contributed by atoms with Gasteiger partial charge in [-0.2, -0.15) is 0 Å². The van der Waals surface area contributed by atoms with Crippen molar-refractivity contribution in [2.24, 2.45) is 0 Å². The normalized spacial score (nSPS) is 17.1. The highest BCUT2D eigenvalue weighted by Gasteiger charge is 2.24. The van der Waals surface area contributed by atoms with Crippen LogP contribution < -0.4 is 10.1 Å². The van der Waals surface area contributed by atoms with Crippen LogP contribution in [0.1, 0.15) is 18.5 Å². The van der Waals surface area contributed by atoms with Gasteiger partial charge in [0.25, 0.3) is 5.91 Å². The summed E-state index contributed by atoms with van der Waals surface area (Å²) < 4.78 is 11.2. The third-order valence-corrected chi connectivity index (χ3v) is 4.96. The number of nitrogens with one attached hydrogen (secondary N) is 1. The first kappa shape index (κ1) is 19.7. The fourth-order valence-electron chi connectivity index (χ4n) is 3.15. The third-order valence-electron chi connectivity index (χ3n) is 4.65. The van der Waals surface area contributed by atoms with Crippen molar-refractivity contribution < 1.29 is 14.3 Å². The van der Waals surface area contributed by atoms with Gasteiger partial charge in [0.15, 0.2) is 6.10 Å². The summed E-state index contributed by atoms with van der Waals surface area (Å²) in [5, 5.41) is 3.52. The smallest absolute Gasteiger partial charge is 0.260 e. The lowest BCUT2D eigenvalue weighted by molar-refractivity contribution is -0.127. The number of morpholine rings is 1. The van der Waals surface area contributed by atoms with E-state index in [1.807, 2.05) is 30.3 Å². The van der Waals surface area contributed by atoms with Gasteiger partial charge in [-0.3, -0.25) is 9.69 Å². The molecule has 3 rings (SSSR count). The summed E-state index contributed by atoms with van der Waals surface area (Å²) in [6.07, 6.45) is -0.633. The third kappa shape index (κ3) is 5.45. The Morgan fingerprint density at radius 3 is 2.52 bits per heavy atom. The second kappa shape index (κ2) is 9.74. The summed E-state index contributed by atoms with van der Waals surface area (Å²) in [7, 11) is 0. The molecule has 6 heteroatoms. The highest BCUT2D eigenvalue weighted by molar-refractivity contribution is 6.32. The van der Waals surface area contributed by atoms with Gasteiger partial charge in [-0.15, -0.1) is 0 Å². The number of benzene rings is 2. The molecule has 1 saturated heterocycles. The van der Waals surface area contributed by atoms with E-state index >= 15 is 0 Å². The number of halogens is 1. The van der Waals surface area contributed by atoms with E-state index in [0.717, 1.165) is 13.1 Å². The maximum absolute atomic E-state index is 12.6. The molecular weight excluding hydrogens is 364 g/mol. The molecule has 1 fully saturated rings. The molecule has 2 unspecified atom stereocenters. The number of amides is 1. The SMILES string of the molecule is CC(Oc1ccccc1Cl)C(=O)NCC(c1ccccc1)N1CCOCC1. The van der Waals surface area contributed by atoms with Crippen LogP contribution in [0.15, 0.2) is 54.6 Å². The van der Waals surface area contributed by atoms with Crippen LogP contribution in [0.4, 0.5) is 0 Å². The lowest BCUT2D eigenvalue weighted by Crippen LogP contribution is -2.45. The molecule has 5 nitrogen and oxygen atoms in total. The molecule has 1 heterocycles. The zero-order valence-electron chi connectivity index (χ0n) is 15.4. The molecule has 27 heavy (non-hydrogen) atoms. The number of para-hydroxylation sites is 1. The lowest BCUT2D eigenvalue weighted by atomic mass is 10.0. The number of rotatable bonds is 7. The van der Waals surface area contributed by atoms with Crippen molar-refractivity contribution in [2.75, 3.05) is 32.8 Å². The maximum Gasteiger partial charge on any atom is 0.260 e. The molecule has 0 saturated carbocycles. The average molecular weight is 389 g/mol. The number of hydrogen-bond donors (Lipinski definition) is 1. The van der Waals surface area contributed by atoms with Crippen molar-refractivity contribution in [3.8, 4) is 5.75 Å². The van der Waals surface area contributed by atoms with Gasteiger partial charge in [0.1, 0.15) is 5.75 Å². The van der Waals surface area contributed by atoms with E-state index in [2.05, 4.69) is 22.3 Å². The first-order valence-electron chi connectivity index (χ1n) is 9.21. The number of hydrogen-bond acceptors (Lipinski definition) is 4. The number of carbonyl (C=O) groups is 1. The van der Waals surface area contributed by atoms with E-state index in [1.165, 1.54) is 5.56 Å². The summed E-state index contributed by atoms with van der Waals surface area (Å²) >= 11 is 6.11. The number of ether oxygens (including phenoxy) is 2. The highest BCUT2D eigenvalue weighted by atomic mass is 35.5. The average Bonchev–Trinajstić information content (AvgIpc) is 2.71. The topological polar surface area (TPSA) is 50.8 Å². The molecule has 1 aliphatic rings. The van der Waals surface area contributed by atoms with E-state index in [-0.39, 0.29) is 11.9 Å². The quantitative estimate of drug-likeness (QED) is 0.790. The Balaban J connectivity index is 1.62. The van der Waals surface area contributed by atoms with Gasteiger partial charge < -0.3 is 14.8 Å². The van der Waals surface area contributed by atoms with Crippen LogP contribution in [0, 0.1) is 0 Å². The van der Waals surface area contributed by atoms with Crippen LogP contribution in [0.5, 0.6) is 5.75 Å². The molecule has 2 aromatic carbocycles. The summed E-state index contributed by atoms with van der Waals surface area (Å²) in [6, 6.07) is 17.5. The Bertz CT molecular complexity index is 735. The summed E-state index contributed by atoms with van der Waals surface area (Å²) in [5.74, 6) is 0.346. The Hall–Kier alpha value is -2.08. The second-order valence-electron chi connectivity index (χ2n) is 6.51. The molecule has 0 spiro atoms. The van der Waals surface area contributed by atoms with Gasteiger partial charge >= 0.3 is 0 Å². The predicted octanol–water partition coefficient (Wildman–Crippen LogP) is 3.30. The first-order valence-corrected chi connectivity index (χ1v) is 9.58. The Kier molecular flexibility index (Phi) is 7.10. The van der Waals surface area contributed by atoms with Gasteiger partial charge in [0.05, 0.1) is 24.3 Å². The maximum atomic E-state index is 12.6. The minimum atomic E-state index is -0.633. The minimum Gasteiger partial charge on any atom is -0.479 e. The zero-order valence-corrected chi connectivity index (χ0v) is 16.2. The Morgan fingerprint density at radius 1 is 1.15 bits per heavy atom. The van der Waals surface area contributed by atoms with E-state index in [4.69, 9.17) is 21.1 Å². The summed E-state index contributed by atoms with van der Waals surface area (Å²) in [5.41, 5.74) is 1.18. The standard InChI is InChI=1S/C21H25ClN2O3/c1-16(27-20-10-6-5-9-18(20)22)21(25)23-15-19(17-7-3-2-4-8-17)24-11-13-26-14-12-24/h2-10,16,19H,11-15H2,1H3,(H,23,25). The Morgan fingerprint density at radius 2 is 1.81 bits per heavy atom. The van der Waals surface area contributed by atoms with Crippen LogP contribution >= 0.6 is 11.6 Å². The first-order chi connectivity index (χ1) is 13.1. The van der Waals surface area contributed by atoms with E-state index < -0.39 is 6.10 Å². The van der Waals surface area contributed by atoms with Crippen LogP contribution in [-0.2, 0) is 9.53 Å². The second-order valence-corrected chi connectivity index (χ2v) is 6.92. The highest BCUT2D eigenvalue weighted by Crippen LogP contribution is 2.24. The molecule has 0 radical (unpaired) electrons. The summed E-state index contributed by atoms with van der Waals surface area (Å²) in [4.78, 5) is 14.9. The molecule has 144 valence electrons. The number of nitrogens with zero attached hydrogens (tertiary/aromatic N) is 1. The van der Waals surface area contributed by atoms with Crippen molar-refractivity contribution in [1.82, 2.24) is 10.2 Å². The molecule has 0 bridgehead atoms. The van der Waals surface area contributed by atoms with Crippen molar-refractivity contribution in [1.29, 1.82) is 0 Å². The van der Waals surface area contributed by atoms with Crippen LogP contribution in [0.2, 0.25) is 5.02 Å². The molecule has 0 aliphatic carbocycles. The van der Waals surface area contributed by atoms with Crippen LogP contribution in [0.3, 0.4) is 0 Å². The van der Waals surface area contributed by atoms with Crippen molar-refractivity contribution in [2.45, 2.75) is 19.1 Å². The van der Waals surface area contributed by atoms with Crippen LogP contribution in [0.25, 0.3) is 0 Å². The lowest BCUT2D eigenvalue weighted by Gasteiger charge is -2.35. The van der Waals surface area contributed by atoms with Gasteiger partial charge in [0.2, 0.25) is 0 Å². The molecule has 2 aromatic rings. The van der Waals surface area contributed by atoms with Crippen molar-refractivity contribution in [3.05, 3.63) is 65.2 Å². The van der Waals surface area contributed by atoms with Gasteiger partial charge in [-0.1, -0.05) is 54.1 Å². The van der Waals surface area contributed by atoms with Crippen LogP contribution in [-0.4, -0.2) is 49.8 Å². The minimum absolute atomic E-state index is 0.103. The molecular formula is C21H25ClN2O3. The molecule has 2 atom stereocenters. The predicted molar refractivity (Wildman–Crippen MR) is 106 cm³/mol. The van der Waals surface area contributed by atoms with Gasteiger partial charge in [-0.25, -0.2) is 0 Å². The molecule has 0 aromatic heterocycles. The largest absolute Gasteiger partial charge is 0.479 e. The van der Waals surface area contributed by atoms with Crippen molar-refractivity contribution >= 4 is 17.5 Å².